The summed E-state index contributed by atoms with van der Waals surface area (Å²) in [5, 5.41) is 28.7. The maximum absolute atomic E-state index is 11.9. The average molecular weight is 365 g/mol. The first-order valence-electron chi connectivity index (χ1n) is 8.41. The number of carbonyl (C=O) groups excluding carboxylic acids is 1. The van der Waals surface area contributed by atoms with Crippen molar-refractivity contribution in [2.75, 3.05) is 25.5 Å². The van der Waals surface area contributed by atoms with Crippen molar-refractivity contribution in [3.8, 4) is 0 Å². The molecule has 3 rings (SSSR count). The molecule has 0 unspecified atom stereocenters. The lowest BCUT2D eigenvalue weighted by molar-refractivity contribution is -0.142. The number of rotatable bonds is 7. The minimum Gasteiger partial charge on any atom is -0.394 e. The first-order chi connectivity index (χ1) is 12.6. The maximum atomic E-state index is 11.9. The SMILES string of the molecule is CNCCC(=O)N[C@@H]1C[C@H](O)[C@@H](Nc2ncnc3nc[nH]c23)O[C@H]1CO. The molecule has 1 aliphatic heterocycles. The summed E-state index contributed by atoms with van der Waals surface area (Å²) in [6.45, 7) is 0.259. The number of aliphatic hydroxyl groups excluding tert-OH is 2. The summed E-state index contributed by atoms with van der Waals surface area (Å²) in [5.74, 6) is 0.268. The molecule has 0 radical (unpaired) electrons. The van der Waals surface area contributed by atoms with Crippen LogP contribution in [0.5, 0.6) is 0 Å². The second-order valence-electron chi connectivity index (χ2n) is 6.08. The first-order valence-corrected chi connectivity index (χ1v) is 8.41. The molecule has 1 aliphatic rings. The van der Waals surface area contributed by atoms with Gasteiger partial charge in [0.05, 0.1) is 19.0 Å². The summed E-state index contributed by atoms with van der Waals surface area (Å²) in [4.78, 5) is 27.0. The Bertz CT molecular complexity index is 740. The van der Waals surface area contributed by atoms with Crippen LogP contribution in [0.3, 0.4) is 0 Å². The monoisotopic (exact) mass is 365 g/mol. The molecule has 6 N–H and O–H groups in total. The number of amides is 1. The molecule has 0 aliphatic carbocycles. The topological polar surface area (TPSA) is 157 Å². The molecular weight excluding hydrogens is 342 g/mol. The van der Waals surface area contributed by atoms with Crippen molar-refractivity contribution in [2.24, 2.45) is 0 Å². The molecular formula is C15H23N7O4. The number of ether oxygens (including phenoxy) is 1. The Morgan fingerprint density at radius 1 is 1.42 bits per heavy atom. The zero-order valence-electron chi connectivity index (χ0n) is 14.3. The van der Waals surface area contributed by atoms with E-state index in [4.69, 9.17) is 4.74 Å². The van der Waals surface area contributed by atoms with Crippen molar-refractivity contribution < 1.29 is 19.7 Å². The van der Waals surface area contributed by atoms with Gasteiger partial charge in [-0.3, -0.25) is 4.79 Å². The minimum absolute atomic E-state index is 0.167. The minimum atomic E-state index is -0.902. The molecule has 0 spiro atoms. The number of aromatic nitrogens is 4. The molecule has 1 saturated heterocycles. The van der Waals surface area contributed by atoms with Crippen molar-refractivity contribution in [3.63, 3.8) is 0 Å². The van der Waals surface area contributed by atoms with Gasteiger partial charge >= 0.3 is 0 Å². The van der Waals surface area contributed by atoms with E-state index in [-0.39, 0.29) is 18.9 Å². The smallest absolute Gasteiger partial charge is 0.221 e. The molecule has 0 saturated carbocycles. The van der Waals surface area contributed by atoms with E-state index in [9.17, 15) is 15.0 Å². The standard InChI is InChI=1S/C15H23N7O4/c1-16-3-2-11(25)21-8-4-9(24)15(26-10(8)5-23)22-14-12-13(18-6-17-12)19-7-20-14/h6-10,15-16,23-24H,2-5H2,1H3,(H,21,25)(H2,17,18,19,20,22)/t8-,9+,10+,15+/m1/s1. The van der Waals surface area contributed by atoms with E-state index in [1.54, 1.807) is 7.05 Å². The van der Waals surface area contributed by atoms with Crippen LogP contribution in [0, 0.1) is 0 Å². The molecule has 11 heteroatoms. The third-order valence-corrected chi connectivity index (χ3v) is 4.25. The van der Waals surface area contributed by atoms with E-state index in [1.807, 2.05) is 0 Å². The number of aliphatic hydroxyl groups is 2. The van der Waals surface area contributed by atoms with E-state index >= 15 is 0 Å². The highest BCUT2D eigenvalue weighted by Gasteiger charge is 2.38. The van der Waals surface area contributed by atoms with Gasteiger partial charge in [0, 0.05) is 19.4 Å². The van der Waals surface area contributed by atoms with Crippen molar-refractivity contribution in [1.82, 2.24) is 30.6 Å². The summed E-state index contributed by atoms with van der Waals surface area (Å²) >= 11 is 0. The van der Waals surface area contributed by atoms with E-state index < -0.39 is 24.5 Å². The van der Waals surface area contributed by atoms with E-state index in [1.165, 1.54) is 12.7 Å². The van der Waals surface area contributed by atoms with E-state index in [0.717, 1.165) is 0 Å². The summed E-state index contributed by atoms with van der Waals surface area (Å²) in [6, 6.07) is -0.477. The highest BCUT2D eigenvalue weighted by molar-refractivity contribution is 5.82. The van der Waals surface area contributed by atoms with Crippen LogP contribution in [0.1, 0.15) is 12.8 Å². The lowest BCUT2D eigenvalue weighted by atomic mass is 9.98. The normalized spacial score (nSPS) is 26.0. The van der Waals surface area contributed by atoms with Crippen LogP contribution < -0.4 is 16.0 Å². The largest absolute Gasteiger partial charge is 0.394 e. The summed E-state index contributed by atoms with van der Waals surface area (Å²) in [6.07, 6.45) is 1.06. The van der Waals surface area contributed by atoms with Crippen molar-refractivity contribution in [1.29, 1.82) is 0 Å². The molecule has 1 fully saturated rings. The maximum Gasteiger partial charge on any atom is 0.221 e. The Kier molecular flexibility index (Phi) is 5.93. The second-order valence-corrected chi connectivity index (χ2v) is 6.08. The number of hydrogen-bond donors (Lipinski definition) is 6. The average Bonchev–Trinajstić information content (AvgIpc) is 3.12. The van der Waals surface area contributed by atoms with E-state index in [2.05, 4.69) is 35.9 Å². The quantitative estimate of drug-likeness (QED) is 0.337. The van der Waals surface area contributed by atoms with Gasteiger partial charge < -0.3 is 35.9 Å². The van der Waals surface area contributed by atoms with Gasteiger partial charge in [-0.1, -0.05) is 0 Å². The molecule has 1 amide bonds. The number of carbonyl (C=O) groups is 1. The number of H-pyrrole nitrogens is 1. The fourth-order valence-corrected chi connectivity index (χ4v) is 2.89. The van der Waals surface area contributed by atoms with Gasteiger partial charge in [0.1, 0.15) is 24.1 Å². The van der Waals surface area contributed by atoms with Gasteiger partial charge in [-0.2, -0.15) is 0 Å². The third kappa shape index (κ3) is 4.07. The predicted octanol–water partition coefficient (Wildman–Crippen LogP) is -1.67. The fourth-order valence-electron chi connectivity index (χ4n) is 2.89. The highest BCUT2D eigenvalue weighted by Crippen LogP contribution is 2.24. The molecule has 0 bridgehead atoms. The Morgan fingerprint density at radius 2 is 2.27 bits per heavy atom. The van der Waals surface area contributed by atoms with Crippen LogP contribution in [0.15, 0.2) is 12.7 Å². The molecule has 2 aromatic rings. The Hall–Kier alpha value is -2.34. The Labute approximate surface area is 149 Å². The van der Waals surface area contributed by atoms with Gasteiger partial charge in [-0.05, 0) is 7.05 Å². The van der Waals surface area contributed by atoms with Gasteiger partial charge in [0.25, 0.3) is 0 Å². The predicted molar refractivity (Wildman–Crippen MR) is 92.2 cm³/mol. The second kappa shape index (κ2) is 8.36. The zero-order valence-corrected chi connectivity index (χ0v) is 14.3. The van der Waals surface area contributed by atoms with E-state index in [0.29, 0.717) is 29.9 Å². The Balaban J connectivity index is 1.66. The molecule has 26 heavy (non-hydrogen) atoms. The van der Waals surface area contributed by atoms with Gasteiger partial charge in [0.15, 0.2) is 17.7 Å². The van der Waals surface area contributed by atoms with Crippen LogP contribution in [-0.4, -0.2) is 80.7 Å². The number of nitrogens with zero attached hydrogens (tertiary/aromatic N) is 3. The van der Waals surface area contributed by atoms with Crippen molar-refractivity contribution >= 4 is 22.9 Å². The number of anilines is 1. The molecule has 11 nitrogen and oxygen atoms in total. The van der Waals surface area contributed by atoms with Crippen LogP contribution in [0.4, 0.5) is 5.82 Å². The summed E-state index contributed by atoms with van der Waals surface area (Å²) in [5.41, 5.74) is 1.08. The third-order valence-electron chi connectivity index (χ3n) is 4.25. The highest BCUT2D eigenvalue weighted by atomic mass is 16.5. The van der Waals surface area contributed by atoms with Crippen LogP contribution in [0.2, 0.25) is 0 Å². The van der Waals surface area contributed by atoms with Crippen LogP contribution >= 0.6 is 0 Å². The molecule has 142 valence electrons. The number of nitrogens with one attached hydrogen (secondary N) is 4. The van der Waals surface area contributed by atoms with Crippen LogP contribution in [0.25, 0.3) is 11.2 Å². The van der Waals surface area contributed by atoms with Gasteiger partial charge in [0.2, 0.25) is 5.91 Å². The molecule has 3 heterocycles. The lowest BCUT2D eigenvalue weighted by Crippen LogP contribution is -2.57. The molecule has 4 atom stereocenters. The lowest BCUT2D eigenvalue weighted by Gasteiger charge is -2.39. The first kappa shape index (κ1) is 18.5. The summed E-state index contributed by atoms with van der Waals surface area (Å²) < 4.78 is 5.76. The summed E-state index contributed by atoms with van der Waals surface area (Å²) in [7, 11) is 1.76. The number of imidazole rings is 1. The van der Waals surface area contributed by atoms with Crippen LogP contribution in [-0.2, 0) is 9.53 Å². The number of fused-ring (bicyclic) bond motifs is 1. The van der Waals surface area contributed by atoms with Crippen molar-refractivity contribution in [3.05, 3.63) is 12.7 Å². The zero-order chi connectivity index (χ0) is 18.5. The fraction of sp³-hybridized carbons (Fsp3) is 0.600. The number of hydrogen-bond acceptors (Lipinski definition) is 9. The van der Waals surface area contributed by atoms with Crippen molar-refractivity contribution in [2.45, 2.75) is 37.3 Å². The number of aromatic amines is 1. The molecule has 2 aromatic heterocycles. The molecule has 0 aromatic carbocycles. The Morgan fingerprint density at radius 3 is 3.04 bits per heavy atom. The van der Waals surface area contributed by atoms with Gasteiger partial charge in [-0.15, -0.1) is 0 Å². The van der Waals surface area contributed by atoms with Gasteiger partial charge in [-0.25, -0.2) is 15.0 Å².